The molecule has 4 aromatic carbocycles. The molecule has 2 heterocycles. The molecule has 31 heavy (non-hydrogen) atoms. The quantitative estimate of drug-likeness (QED) is 0.250. The predicted octanol–water partition coefficient (Wildman–Crippen LogP) is 6.57. The highest BCUT2D eigenvalue weighted by molar-refractivity contribution is 6.11. The summed E-state index contributed by atoms with van der Waals surface area (Å²) in [5.74, 6) is 0. The molecule has 6 rings (SSSR count). The summed E-state index contributed by atoms with van der Waals surface area (Å²) in [7, 11) is 0. The first kappa shape index (κ1) is 17.7. The molecule has 0 bridgehead atoms. The molecule has 5 aromatic rings. The van der Waals surface area contributed by atoms with Gasteiger partial charge in [0.05, 0.1) is 10.8 Å². The Bertz CT molecular complexity index is 1500. The molecular weight excluding hydrogens is 380 g/mol. The number of hydrogen-bond donors (Lipinski definition) is 0. The summed E-state index contributed by atoms with van der Waals surface area (Å²) < 4.78 is 1.94. The van der Waals surface area contributed by atoms with Gasteiger partial charge < -0.3 is 0 Å². The van der Waals surface area contributed by atoms with Gasteiger partial charge in [0.2, 0.25) is 5.71 Å². The molecule has 1 aromatic heterocycles. The van der Waals surface area contributed by atoms with Crippen molar-refractivity contribution in [2.75, 3.05) is 6.54 Å². The highest BCUT2D eigenvalue weighted by Crippen LogP contribution is 2.28. The van der Waals surface area contributed by atoms with Crippen molar-refractivity contribution in [1.82, 2.24) is 4.98 Å². The van der Waals surface area contributed by atoms with Crippen molar-refractivity contribution < 1.29 is 4.70 Å². The minimum atomic E-state index is 0.644. The van der Waals surface area contributed by atoms with Gasteiger partial charge in [-0.1, -0.05) is 60.7 Å². The molecule has 0 spiro atoms. The van der Waals surface area contributed by atoms with E-state index in [1.165, 1.54) is 21.5 Å². The van der Waals surface area contributed by atoms with Crippen LogP contribution in [0.3, 0.4) is 0 Å². The molecule has 0 saturated heterocycles. The number of benzene rings is 4. The largest absolute Gasteiger partial charge is 0.256 e. The van der Waals surface area contributed by atoms with Crippen molar-refractivity contribution in [3.05, 3.63) is 109 Å². The molecule has 0 aliphatic carbocycles. The van der Waals surface area contributed by atoms with Gasteiger partial charge in [-0.05, 0) is 57.9 Å². The van der Waals surface area contributed by atoms with Crippen LogP contribution in [0.15, 0.2) is 114 Å². The number of aromatic nitrogens is 1. The fourth-order valence-corrected chi connectivity index (χ4v) is 4.16. The second kappa shape index (κ2) is 7.26. The van der Waals surface area contributed by atoms with Crippen LogP contribution in [0.1, 0.15) is 5.56 Å². The average molecular weight is 399 g/mol. The summed E-state index contributed by atoms with van der Waals surface area (Å²) in [5, 5.41) is 13.9. The SMILES string of the molecule is c1ccc(-c2cccc([N+]3=NN=C(c4ccc5c(ccc6ccccc65)c4)C3)c2)nc1. The Balaban J connectivity index is 1.29. The van der Waals surface area contributed by atoms with Gasteiger partial charge >= 0.3 is 0 Å². The standard InChI is InChI=1S/C27H19N4/c1-2-9-24-19(6-1)11-12-20-16-22(13-14-25(20)24)27-18-31(30-29-27)23-8-5-7-21(17-23)26-10-3-4-15-28-26/h1-17H,18H2/q+1. The first-order valence-electron chi connectivity index (χ1n) is 10.3. The van der Waals surface area contributed by atoms with Crippen molar-refractivity contribution >= 4 is 32.9 Å². The van der Waals surface area contributed by atoms with Gasteiger partial charge in [-0.3, -0.25) is 4.98 Å². The smallest absolute Gasteiger partial charge is 0.231 e. The molecule has 0 fully saturated rings. The number of rotatable bonds is 3. The topological polar surface area (TPSA) is 40.6 Å². The molecule has 146 valence electrons. The normalized spacial score (nSPS) is 13.4. The van der Waals surface area contributed by atoms with Crippen LogP contribution in [0.25, 0.3) is 32.8 Å². The molecule has 0 unspecified atom stereocenters. The Morgan fingerprint density at radius 3 is 2.45 bits per heavy atom. The van der Waals surface area contributed by atoms with E-state index in [9.17, 15) is 0 Å². The third kappa shape index (κ3) is 3.19. The number of hydrogen-bond acceptors (Lipinski definition) is 3. The molecule has 0 amide bonds. The highest BCUT2D eigenvalue weighted by atomic mass is 15.5. The Hall–Kier alpha value is -4.18. The Morgan fingerprint density at radius 2 is 1.52 bits per heavy atom. The molecule has 1 aliphatic rings. The molecule has 4 heteroatoms. The average Bonchev–Trinajstić information content (AvgIpc) is 3.35. The van der Waals surface area contributed by atoms with E-state index in [0.717, 1.165) is 28.2 Å². The lowest BCUT2D eigenvalue weighted by atomic mass is 9.99. The van der Waals surface area contributed by atoms with Gasteiger partial charge in [0.15, 0.2) is 12.2 Å². The summed E-state index contributed by atoms with van der Waals surface area (Å²) in [4.78, 5) is 4.45. The molecule has 0 radical (unpaired) electrons. The van der Waals surface area contributed by atoms with Crippen molar-refractivity contribution in [1.29, 1.82) is 0 Å². The van der Waals surface area contributed by atoms with E-state index in [1.807, 2.05) is 35.2 Å². The van der Waals surface area contributed by atoms with Crippen LogP contribution in [-0.2, 0) is 0 Å². The maximum Gasteiger partial charge on any atom is 0.231 e. The second-order valence-electron chi connectivity index (χ2n) is 7.68. The lowest BCUT2D eigenvalue weighted by Gasteiger charge is -2.05. The van der Waals surface area contributed by atoms with Crippen LogP contribution < -0.4 is 0 Å². The van der Waals surface area contributed by atoms with E-state index in [0.29, 0.717) is 6.54 Å². The zero-order chi connectivity index (χ0) is 20.6. The third-order valence-corrected chi connectivity index (χ3v) is 5.76. The van der Waals surface area contributed by atoms with Crippen molar-refractivity contribution in [2.45, 2.75) is 0 Å². The zero-order valence-corrected chi connectivity index (χ0v) is 16.8. The van der Waals surface area contributed by atoms with Crippen molar-refractivity contribution in [3.63, 3.8) is 0 Å². The van der Waals surface area contributed by atoms with E-state index >= 15 is 0 Å². The molecule has 0 N–H and O–H groups in total. The number of fused-ring (bicyclic) bond motifs is 3. The summed E-state index contributed by atoms with van der Waals surface area (Å²) in [6.45, 7) is 0.644. The molecule has 4 nitrogen and oxygen atoms in total. The van der Waals surface area contributed by atoms with Gasteiger partial charge in [-0.2, -0.15) is 0 Å². The summed E-state index contributed by atoms with van der Waals surface area (Å²) in [6, 6.07) is 33.6. The fraction of sp³-hybridized carbons (Fsp3) is 0.0370. The van der Waals surface area contributed by atoms with E-state index in [4.69, 9.17) is 0 Å². The summed E-state index contributed by atoms with van der Waals surface area (Å²) >= 11 is 0. The minimum Gasteiger partial charge on any atom is -0.256 e. The van der Waals surface area contributed by atoms with Gasteiger partial charge in [0, 0.05) is 17.3 Å². The molecule has 0 atom stereocenters. The lowest BCUT2D eigenvalue weighted by Crippen LogP contribution is -2.11. The highest BCUT2D eigenvalue weighted by Gasteiger charge is 2.24. The number of nitrogens with zero attached hydrogens (tertiary/aromatic N) is 4. The minimum absolute atomic E-state index is 0.644. The Labute approximate surface area is 179 Å². The lowest BCUT2D eigenvalue weighted by molar-refractivity contribution is -0.492. The maximum atomic E-state index is 4.49. The third-order valence-electron chi connectivity index (χ3n) is 5.76. The molecule has 0 saturated carbocycles. The number of pyridine rings is 1. The summed E-state index contributed by atoms with van der Waals surface area (Å²) in [6.07, 6.45) is 1.81. The van der Waals surface area contributed by atoms with E-state index in [1.54, 1.807) is 0 Å². The van der Waals surface area contributed by atoms with E-state index in [2.05, 4.69) is 88.1 Å². The van der Waals surface area contributed by atoms with Gasteiger partial charge in [-0.25, -0.2) is 0 Å². The van der Waals surface area contributed by atoms with Crippen LogP contribution in [0.2, 0.25) is 0 Å². The first-order chi connectivity index (χ1) is 15.3. The van der Waals surface area contributed by atoms with E-state index in [-0.39, 0.29) is 0 Å². The van der Waals surface area contributed by atoms with Gasteiger partial charge in [-0.15, -0.1) is 4.70 Å². The second-order valence-corrected chi connectivity index (χ2v) is 7.68. The predicted molar refractivity (Wildman–Crippen MR) is 125 cm³/mol. The van der Waals surface area contributed by atoms with Crippen molar-refractivity contribution in [3.8, 4) is 11.3 Å². The van der Waals surface area contributed by atoms with Crippen LogP contribution in [0.4, 0.5) is 5.69 Å². The Morgan fingerprint density at radius 1 is 0.645 bits per heavy atom. The van der Waals surface area contributed by atoms with Crippen LogP contribution in [0, 0.1) is 0 Å². The first-order valence-corrected chi connectivity index (χ1v) is 10.3. The molecule has 1 aliphatic heterocycles. The monoisotopic (exact) mass is 399 g/mol. The van der Waals surface area contributed by atoms with Gasteiger partial charge in [0.25, 0.3) is 0 Å². The maximum absolute atomic E-state index is 4.49. The van der Waals surface area contributed by atoms with Gasteiger partial charge in [0.1, 0.15) is 5.22 Å². The summed E-state index contributed by atoms with van der Waals surface area (Å²) in [5.41, 5.74) is 5.10. The van der Waals surface area contributed by atoms with Crippen LogP contribution in [-0.4, -0.2) is 21.9 Å². The molecular formula is C27H19N4+. The zero-order valence-electron chi connectivity index (χ0n) is 16.8. The fourth-order valence-electron chi connectivity index (χ4n) is 4.16. The van der Waals surface area contributed by atoms with E-state index < -0.39 is 0 Å². The van der Waals surface area contributed by atoms with Crippen LogP contribution >= 0.6 is 0 Å². The van der Waals surface area contributed by atoms with Crippen molar-refractivity contribution in [2.24, 2.45) is 10.3 Å². The van der Waals surface area contributed by atoms with Crippen LogP contribution in [0.5, 0.6) is 0 Å². The Kier molecular flexibility index (Phi) is 4.13.